The van der Waals surface area contributed by atoms with Crippen molar-refractivity contribution < 1.29 is 4.74 Å². The Balaban J connectivity index is 2.14. The van der Waals surface area contributed by atoms with Crippen LogP contribution in [-0.4, -0.2) is 0 Å². The molecule has 0 aliphatic heterocycles. The van der Waals surface area contributed by atoms with Crippen molar-refractivity contribution in [1.29, 1.82) is 0 Å². The van der Waals surface area contributed by atoms with Gasteiger partial charge in [0.05, 0.1) is 4.47 Å². The Morgan fingerprint density at radius 2 is 2.06 bits per heavy atom. The Hall–Kier alpha value is -1.19. The number of hydrogen-bond donors (Lipinski definition) is 1. The first-order valence-corrected chi connectivity index (χ1v) is 6.67. The fourth-order valence-corrected chi connectivity index (χ4v) is 2.40. The van der Waals surface area contributed by atoms with Gasteiger partial charge in [0.15, 0.2) is 0 Å². The van der Waals surface area contributed by atoms with Gasteiger partial charge in [-0.2, -0.15) is 0 Å². The van der Waals surface area contributed by atoms with Crippen molar-refractivity contribution in [3.05, 3.63) is 57.0 Å². The summed E-state index contributed by atoms with van der Waals surface area (Å²) in [6, 6.07) is 11.3. The van der Waals surface area contributed by atoms with Gasteiger partial charge in [0.25, 0.3) is 0 Å². The fourth-order valence-electron chi connectivity index (χ4n) is 1.61. The predicted molar refractivity (Wildman–Crippen MR) is 79.1 cm³/mol. The molecule has 0 atom stereocenters. The van der Waals surface area contributed by atoms with Crippen LogP contribution in [0.3, 0.4) is 0 Å². The van der Waals surface area contributed by atoms with Crippen LogP contribution in [0.15, 0.2) is 40.9 Å². The van der Waals surface area contributed by atoms with Gasteiger partial charge in [-0.05, 0) is 58.2 Å². The number of halogens is 2. The number of nitrogen functional groups attached to an aromatic ring is 1. The lowest BCUT2D eigenvalue weighted by molar-refractivity contribution is 0.303. The highest BCUT2D eigenvalue weighted by Gasteiger charge is 2.05. The van der Waals surface area contributed by atoms with Gasteiger partial charge in [0.1, 0.15) is 12.4 Å². The molecule has 0 aromatic heterocycles. The van der Waals surface area contributed by atoms with Crippen molar-refractivity contribution in [2.75, 3.05) is 5.73 Å². The number of ether oxygens (including phenoxy) is 1. The van der Waals surface area contributed by atoms with Crippen LogP contribution in [0.25, 0.3) is 0 Å². The summed E-state index contributed by atoms with van der Waals surface area (Å²) in [5.74, 6) is 0.765. The Kier molecular flexibility index (Phi) is 4.15. The van der Waals surface area contributed by atoms with E-state index in [-0.39, 0.29) is 0 Å². The topological polar surface area (TPSA) is 35.2 Å². The average Bonchev–Trinajstić information content (AvgIpc) is 2.33. The standard InChI is InChI=1S/C14H13BrClNO/c1-9-10(3-2-4-13(9)17)8-18-14-6-5-11(16)7-12(14)15/h2-7H,8,17H2,1H3. The molecule has 0 aliphatic rings. The normalized spacial score (nSPS) is 10.4. The number of benzene rings is 2. The van der Waals surface area contributed by atoms with Gasteiger partial charge in [0.2, 0.25) is 0 Å². The molecule has 2 aromatic rings. The highest BCUT2D eigenvalue weighted by atomic mass is 79.9. The zero-order valence-electron chi connectivity index (χ0n) is 9.91. The van der Waals surface area contributed by atoms with E-state index in [0.29, 0.717) is 11.6 Å². The van der Waals surface area contributed by atoms with E-state index in [1.165, 1.54) is 0 Å². The molecule has 94 valence electrons. The molecule has 0 heterocycles. The Morgan fingerprint density at radius 1 is 1.28 bits per heavy atom. The molecule has 0 spiro atoms. The first kappa shape index (κ1) is 13.2. The minimum atomic E-state index is 0.483. The summed E-state index contributed by atoms with van der Waals surface area (Å²) in [6.45, 7) is 2.47. The van der Waals surface area contributed by atoms with Gasteiger partial charge in [0, 0.05) is 10.7 Å². The maximum Gasteiger partial charge on any atom is 0.134 e. The molecule has 0 fully saturated rings. The van der Waals surface area contributed by atoms with Crippen LogP contribution in [0.2, 0.25) is 5.02 Å². The third kappa shape index (κ3) is 2.98. The van der Waals surface area contributed by atoms with Gasteiger partial charge in [-0.1, -0.05) is 23.7 Å². The molecule has 0 radical (unpaired) electrons. The minimum absolute atomic E-state index is 0.483. The summed E-state index contributed by atoms with van der Waals surface area (Å²) in [4.78, 5) is 0. The van der Waals surface area contributed by atoms with E-state index in [9.17, 15) is 0 Å². The summed E-state index contributed by atoms with van der Waals surface area (Å²) in [5.41, 5.74) is 8.78. The first-order valence-electron chi connectivity index (χ1n) is 5.50. The second kappa shape index (κ2) is 5.63. The number of rotatable bonds is 3. The Bertz CT molecular complexity index is 572. The van der Waals surface area contributed by atoms with E-state index in [2.05, 4.69) is 15.9 Å². The summed E-state index contributed by atoms with van der Waals surface area (Å²) >= 11 is 9.30. The quantitative estimate of drug-likeness (QED) is 0.838. The lowest BCUT2D eigenvalue weighted by Crippen LogP contribution is -2.00. The Labute approximate surface area is 120 Å². The molecule has 0 amide bonds. The molecule has 0 aliphatic carbocycles. The SMILES string of the molecule is Cc1c(N)cccc1COc1ccc(Cl)cc1Br. The van der Waals surface area contributed by atoms with Crippen molar-refractivity contribution >= 4 is 33.2 Å². The fraction of sp³-hybridized carbons (Fsp3) is 0.143. The van der Waals surface area contributed by atoms with Gasteiger partial charge in [-0.15, -0.1) is 0 Å². The Morgan fingerprint density at radius 3 is 2.78 bits per heavy atom. The summed E-state index contributed by atoms with van der Waals surface area (Å²) < 4.78 is 6.60. The lowest BCUT2D eigenvalue weighted by atomic mass is 10.1. The van der Waals surface area contributed by atoms with Crippen molar-refractivity contribution in [3.8, 4) is 5.75 Å². The van der Waals surface area contributed by atoms with Crippen molar-refractivity contribution in [1.82, 2.24) is 0 Å². The first-order chi connectivity index (χ1) is 8.58. The van der Waals surface area contributed by atoms with Crippen molar-refractivity contribution in [2.24, 2.45) is 0 Å². The zero-order valence-corrected chi connectivity index (χ0v) is 12.3. The summed E-state index contributed by atoms with van der Waals surface area (Å²) in [6.07, 6.45) is 0. The molecule has 18 heavy (non-hydrogen) atoms. The predicted octanol–water partition coefficient (Wildman–Crippen LogP) is 4.57. The van der Waals surface area contributed by atoms with Crippen LogP contribution >= 0.6 is 27.5 Å². The number of anilines is 1. The van der Waals surface area contributed by atoms with Gasteiger partial charge < -0.3 is 10.5 Å². The summed E-state index contributed by atoms with van der Waals surface area (Å²) in [5, 5.41) is 0.675. The van der Waals surface area contributed by atoms with Gasteiger partial charge in [-0.3, -0.25) is 0 Å². The third-order valence-corrected chi connectivity index (χ3v) is 3.62. The molecule has 2 N–H and O–H groups in total. The largest absolute Gasteiger partial charge is 0.488 e. The number of nitrogens with two attached hydrogens (primary N) is 1. The maximum absolute atomic E-state index is 5.88. The second-order valence-electron chi connectivity index (χ2n) is 3.99. The summed E-state index contributed by atoms with van der Waals surface area (Å²) in [7, 11) is 0. The third-order valence-electron chi connectivity index (χ3n) is 2.76. The monoisotopic (exact) mass is 325 g/mol. The molecule has 2 nitrogen and oxygen atoms in total. The molecular formula is C14H13BrClNO. The van der Waals surface area contributed by atoms with Crippen molar-refractivity contribution in [3.63, 3.8) is 0 Å². The van der Waals surface area contributed by atoms with E-state index in [4.69, 9.17) is 22.1 Å². The smallest absolute Gasteiger partial charge is 0.134 e. The highest BCUT2D eigenvalue weighted by molar-refractivity contribution is 9.10. The van der Waals surface area contributed by atoms with E-state index < -0.39 is 0 Å². The maximum atomic E-state index is 5.88. The molecule has 0 saturated heterocycles. The van der Waals surface area contributed by atoms with Crippen LogP contribution in [0.1, 0.15) is 11.1 Å². The van der Waals surface area contributed by atoms with Crippen molar-refractivity contribution in [2.45, 2.75) is 13.5 Å². The molecule has 4 heteroatoms. The lowest BCUT2D eigenvalue weighted by Gasteiger charge is -2.11. The van der Waals surface area contributed by atoms with Gasteiger partial charge >= 0.3 is 0 Å². The van der Waals surface area contributed by atoms with E-state index >= 15 is 0 Å². The minimum Gasteiger partial charge on any atom is -0.488 e. The van der Waals surface area contributed by atoms with Crippen LogP contribution in [-0.2, 0) is 6.61 Å². The molecule has 0 bridgehead atoms. The van der Waals surface area contributed by atoms with Crippen LogP contribution in [0, 0.1) is 6.92 Å². The van der Waals surface area contributed by atoms with Crippen LogP contribution in [0.5, 0.6) is 5.75 Å². The number of hydrogen-bond acceptors (Lipinski definition) is 2. The highest BCUT2D eigenvalue weighted by Crippen LogP contribution is 2.29. The average molecular weight is 327 g/mol. The molecule has 0 unspecified atom stereocenters. The van der Waals surface area contributed by atoms with Gasteiger partial charge in [-0.25, -0.2) is 0 Å². The molecule has 2 rings (SSSR count). The molecular weight excluding hydrogens is 314 g/mol. The second-order valence-corrected chi connectivity index (χ2v) is 5.29. The zero-order chi connectivity index (χ0) is 13.1. The van der Waals surface area contributed by atoms with Crippen LogP contribution in [0.4, 0.5) is 5.69 Å². The van der Waals surface area contributed by atoms with Crippen LogP contribution < -0.4 is 10.5 Å². The van der Waals surface area contributed by atoms with E-state index in [1.807, 2.05) is 37.3 Å². The molecule has 0 saturated carbocycles. The molecule has 2 aromatic carbocycles. The van der Waals surface area contributed by atoms with E-state index in [0.717, 1.165) is 27.0 Å². The van der Waals surface area contributed by atoms with E-state index in [1.54, 1.807) is 6.07 Å².